The van der Waals surface area contributed by atoms with Crippen molar-refractivity contribution < 1.29 is 14.3 Å². The van der Waals surface area contributed by atoms with Crippen molar-refractivity contribution >= 4 is 35.0 Å². The maximum atomic E-state index is 13.1. The summed E-state index contributed by atoms with van der Waals surface area (Å²) in [5.41, 5.74) is 0.771. The Balaban J connectivity index is 1.72. The molecule has 0 aliphatic heterocycles. The van der Waals surface area contributed by atoms with Crippen LogP contribution in [0.15, 0.2) is 48.5 Å². The lowest BCUT2D eigenvalue weighted by atomic mass is 9.95. The summed E-state index contributed by atoms with van der Waals surface area (Å²) in [5, 5.41) is 4.08. The average Bonchev–Trinajstić information content (AvgIpc) is 2.78. The molecule has 0 aromatic heterocycles. The first-order chi connectivity index (χ1) is 15.0. The highest BCUT2D eigenvalue weighted by atomic mass is 35.5. The van der Waals surface area contributed by atoms with E-state index in [9.17, 15) is 9.59 Å². The monoisotopic (exact) mass is 462 g/mol. The Morgan fingerprint density at radius 1 is 1.03 bits per heavy atom. The molecule has 0 unspecified atom stereocenters. The highest BCUT2D eigenvalue weighted by molar-refractivity contribution is 6.32. The van der Waals surface area contributed by atoms with E-state index in [1.807, 2.05) is 18.2 Å². The third-order valence-electron chi connectivity index (χ3n) is 5.61. The first kappa shape index (κ1) is 23.4. The molecule has 1 atom stereocenters. The van der Waals surface area contributed by atoms with Gasteiger partial charge in [0.2, 0.25) is 5.91 Å². The fourth-order valence-electron chi connectivity index (χ4n) is 3.75. The topological polar surface area (TPSA) is 58.6 Å². The molecular weight excluding hydrogens is 435 g/mol. The number of nitrogens with zero attached hydrogens (tertiary/aromatic N) is 1. The highest BCUT2D eigenvalue weighted by Crippen LogP contribution is 2.24. The summed E-state index contributed by atoms with van der Waals surface area (Å²) in [7, 11) is 0. The minimum atomic E-state index is -0.666. The summed E-state index contributed by atoms with van der Waals surface area (Å²) in [6.07, 6.45) is 5.40. The second-order valence-corrected chi connectivity index (χ2v) is 8.67. The number of nitrogens with one attached hydrogen (secondary N) is 1. The van der Waals surface area contributed by atoms with Crippen LogP contribution in [-0.4, -0.2) is 35.4 Å². The van der Waals surface area contributed by atoms with E-state index in [0.717, 1.165) is 31.2 Å². The fraction of sp³-hybridized carbons (Fsp3) is 0.417. The van der Waals surface area contributed by atoms with Crippen molar-refractivity contribution in [1.29, 1.82) is 0 Å². The Morgan fingerprint density at radius 2 is 1.68 bits per heavy atom. The van der Waals surface area contributed by atoms with Gasteiger partial charge in [-0.05, 0) is 43.5 Å². The van der Waals surface area contributed by atoms with Gasteiger partial charge in [0.05, 0.1) is 5.02 Å². The normalized spacial score (nSPS) is 15.2. The van der Waals surface area contributed by atoms with Crippen molar-refractivity contribution in [3.05, 3.63) is 64.1 Å². The van der Waals surface area contributed by atoms with Crippen LogP contribution in [0.5, 0.6) is 5.75 Å². The van der Waals surface area contributed by atoms with E-state index < -0.39 is 6.04 Å². The third-order valence-corrected chi connectivity index (χ3v) is 6.29. The van der Waals surface area contributed by atoms with Gasteiger partial charge in [0.1, 0.15) is 11.8 Å². The maximum absolute atomic E-state index is 13.1. The van der Waals surface area contributed by atoms with Crippen molar-refractivity contribution in [2.24, 2.45) is 0 Å². The van der Waals surface area contributed by atoms with Gasteiger partial charge >= 0.3 is 0 Å². The average molecular weight is 463 g/mol. The van der Waals surface area contributed by atoms with Gasteiger partial charge in [-0.2, -0.15) is 0 Å². The molecule has 31 heavy (non-hydrogen) atoms. The number of halogens is 2. The number of benzene rings is 2. The van der Waals surface area contributed by atoms with Gasteiger partial charge in [-0.1, -0.05) is 72.8 Å². The molecule has 5 nitrogen and oxygen atoms in total. The van der Waals surface area contributed by atoms with Crippen LogP contribution in [0.4, 0.5) is 0 Å². The van der Waals surface area contributed by atoms with E-state index in [1.165, 1.54) is 11.3 Å². The van der Waals surface area contributed by atoms with Gasteiger partial charge in [0.25, 0.3) is 5.91 Å². The SMILES string of the molecule is C[C@H](C(=O)NC1CCCCC1)N(Cc1ccccc1Cl)C(=O)COc1ccccc1Cl. The van der Waals surface area contributed by atoms with Crippen molar-refractivity contribution in [3.63, 3.8) is 0 Å². The highest BCUT2D eigenvalue weighted by Gasteiger charge is 2.29. The summed E-state index contributed by atoms with van der Waals surface area (Å²) in [4.78, 5) is 27.6. The first-order valence-corrected chi connectivity index (χ1v) is 11.4. The molecular formula is C24H28Cl2N2O3. The van der Waals surface area contributed by atoms with Gasteiger partial charge in [-0.25, -0.2) is 0 Å². The van der Waals surface area contributed by atoms with Crippen LogP contribution < -0.4 is 10.1 Å². The number of amides is 2. The number of hydrogen-bond donors (Lipinski definition) is 1. The number of para-hydroxylation sites is 1. The summed E-state index contributed by atoms with van der Waals surface area (Å²) >= 11 is 12.4. The molecule has 3 rings (SSSR count). The smallest absolute Gasteiger partial charge is 0.261 e. The van der Waals surface area contributed by atoms with Gasteiger partial charge in [-0.3, -0.25) is 9.59 Å². The molecule has 1 aliphatic rings. The van der Waals surface area contributed by atoms with Gasteiger partial charge < -0.3 is 15.0 Å². The Hall–Kier alpha value is -2.24. The fourth-order valence-corrected chi connectivity index (χ4v) is 4.13. The Kier molecular flexibility index (Phi) is 8.61. The standard InChI is InChI=1S/C24H28Cl2N2O3/c1-17(24(30)27-19-10-3-2-4-11-19)28(15-18-9-5-6-12-20(18)25)23(29)16-31-22-14-8-7-13-21(22)26/h5-9,12-14,17,19H,2-4,10-11,15-16H2,1H3,(H,27,30)/t17-/m1/s1. The molecule has 0 heterocycles. The predicted octanol–water partition coefficient (Wildman–Crippen LogP) is 5.24. The molecule has 1 N–H and O–H groups in total. The number of rotatable bonds is 8. The largest absolute Gasteiger partial charge is 0.482 e. The minimum Gasteiger partial charge on any atom is -0.482 e. The van der Waals surface area contributed by atoms with Crippen molar-refractivity contribution in [3.8, 4) is 5.75 Å². The molecule has 2 aromatic carbocycles. The molecule has 0 radical (unpaired) electrons. The van der Waals surface area contributed by atoms with Crippen molar-refractivity contribution in [2.75, 3.05) is 6.61 Å². The van der Waals surface area contributed by atoms with Crippen LogP contribution in [0.3, 0.4) is 0 Å². The molecule has 2 aromatic rings. The minimum absolute atomic E-state index is 0.162. The molecule has 1 aliphatic carbocycles. The van der Waals surface area contributed by atoms with Crippen LogP contribution in [0.25, 0.3) is 0 Å². The molecule has 7 heteroatoms. The molecule has 2 amide bonds. The molecule has 0 spiro atoms. The van der Waals surface area contributed by atoms with Crippen LogP contribution in [-0.2, 0) is 16.1 Å². The lowest BCUT2D eigenvalue weighted by molar-refractivity contribution is -0.142. The number of hydrogen-bond acceptors (Lipinski definition) is 3. The zero-order valence-electron chi connectivity index (χ0n) is 17.7. The van der Waals surface area contributed by atoms with Crippen LogP contribution >= 0.6 is 23.2 Å². The lowest BCUT2D eigenvalue weighted by Crippen LogP contribution is -2.51. The van der Waals surface area contributed by atoms with E-state index in [0.29, 0.717) is 15.8 Å². The third kappa shape index (κ3) is 6.62. The molecule has 0 saturated heterocycles. The Morgan fingerprint density at radius 3 is 2.35 bits per heavy atom. The summed E-state index contributed by atoms with van der Waals surface area (Å²) < 4.78 is 5.64. The maximum Gasteiger partial charge on any atom is 0.261 e. The van der Waals surface area contributed by atoms with Crippen molar-refractivity contribution in [1.82, 2.24) is 10.2 Å². The Bertz CT molecular complexity index is 900. The lowest BCUT2D eigenvalue weighted by Gasteiger charge is -2.31. The summed E-state index contributed by atoms with van der Waals surface area (Å²) in [6, 6.07) is 13.8. The van der Waals surface area contributed by atoms with E-state index >= 15 is 0 Å². The first-order valence-electron chi connectivity index (χ1n) is 10.7. The van der Waals surface area contributed by atoms with E-state index in [1.54, 1.807) is 37.3 Å². The molecule has 1 fully saturated rings. The molecule has 0 bridgehead atoms. The van der Waals surface area contributed by atoms with Gasteiger partial charge in [0, 0.05) is 17.6 Å². The van der Waals surface area contributed by atoms with E-state index in [4.69, 9.17) is 27.9 Å². The summed E-state index contributed by atoms with van der Waals surface area (Å²) in [6.45, 7) is 1.72. The second-order valence-electron chi connectivity index (χ2n) is 7.85. The zero-order chi connectivity index (χ0) is 22.2. The van der Waals surface area contributed by atoms with Crippen LogP contribution in [0, 0.1) is 0 Å². The summed E-state index contributed by atoms with van der Waals surface area (Å²) in [5.74, 6) is -0.0503. The quantitative estimate of drug-likeness (QED) is 0.583. The van der Waals surface area contributed by atoms with Gasteiger partial charge in [-0.15, -0.1) is 0 Å². The van der Waals surface area contributed by atoms with Crippen molar-refractivity contribution in [2.45, 2.75) is 57.7 Å². The number of carbonyl (C=O) groups excluding carboxylic acids is 2. The molecule has 1 saturated carbocycles. The zero-order valence-corrected chi connectivity index (χ0v) is 19.2. The number of ether oxygens (including phenoxy) is 1. The van der Waals surface area contributed by atoms with E-state index in [-0.39, 0.29) is 31.0 Å². The van der Waals surface area contributed by atoms with Gasteiger partial charge in [0.15, 0.2) is 6.61 Å². The second kappa shape index (κ2) is 11.4. The predicted molar refractivity (Wildman–Crippen MR) is 123 cm³/mol. The molecule has 166 valence electrons. The van der Waals surface area contributed by atoms with E-state index in [2.05, 4.69) is 5.32 Å². The van der Waals surface area contributed by atoms with Crippen LogP contribution in [0.1, 0.15) is 44.6 Å². The number of carbonyl (C=O) groups is 2. The Labute approximate surface area is 193 Å². The van der Waals surface area contributed by atoms with Crippen LogP contribution in [0.2, 0.25) is 10.0 Å².